The lowest BCUT2D eigenvalue weighted by atomic mass is 10.1. The molecular weight excluding hydrogens is 400 g/mol. The molecule has 0 saturated carbocycles. The molecule has 1 aromatic carbocycles. The van der Waals surface area contributed by atoms with Crippen molar-refractivity contribution in [1.82, 2.24) is 24.7 Å². The van der Waals surface area contributed by atoms with Crippen molar-refractivity contribution < 1.29 is 8.42 Å². The zero-order valence-corrected chi connectivity index (χ0v) is 19.8. The second kappa shape index (κ2) is 10.1. The molecule has 2 N–H and O–H groups in total. The van der Waals surface area contributed by atoms with Crippen LogP contribution in [0.1, 0.15) is 36.4 Å². The third kappa shape index (κ3) is 5.60. The van der Waals surface area contributed by atoms with E-state index in [0.29, 0.717) is 18.1 Å². The number of aliphatic imine (C=N–C) groups is 1. The molecule has 0 spiro atoms. The molecule has 1 unspecified atom stereocenters. The Bertz CT molecular complexity index is 995. The van der Waals surface area contributed by atoms with E-state index in [1.807, 2.05) is 31.6 Å². The van der Waals surface area contributed by atoms with Crippen LogP contribution in [0.4, 0.5) is 0 Å². The molecule has 1 atom stereocenters. The number of guanidine groups is 1. The fourth-order valence-electron chi connectivity index (χ4n) is 3.27. The highest BCUT2D eigenvalue weighted by Crippen LogP contribution is 2.19. The Hall–Kier alpha value is -2.39. The fraction of sp³-hybridized carbons (Fsp3) is 0.524. The molecule has 166 valence electrons. The lowest BCUT2D eigenvalue weighted by Gasteiger charge is -2.19. The van der Waals surface area contributed by atoms with Gasteiger partial charge < -0.3 is 10.6 Å². The molecule has 1 aromatic heterocycles. The molecule has 0 aliphatic carbocycles. The Morgan fingerprint density at radius 2 is 1.93 bits per heavy atom. The molecule has 2 aromatic rings. The molecule has 8 nitrogen and oxygen atoms in total. The number of aryl methyl sites for hydroxylation is 2. The van der Waals surface area contributed by atoms with Crippen LogP contribution in [0.2, 0.25) is 0 Å². The van der Waals surface area contributed by atoms with Crippen LogP contribution in [0.3, 0.4) is 0 Å². The fourth-order valence-corrected chi connectivity index (χ4v) is 4.38. The summed E-state index contributed by atoms with van der Waals surface area (Å²) in [5, 5.41) is 11.2. The number of hydrogen-bond acceptors (Lipinski definition) is 4. The zero-order chi connectivity index (χ0) is 22.5. The van der Waals surface area contributed by atoms with E-state index < -0.39 is 10.0 Å². The molecule has 0 aliphatic rings. The van der Waals surface area contributed by atoms with Crippen LogP contribution in [-0.2, 0) is 30.0 Å². The summed E-state index contributed by atoms with van der Waals surface area (Å²) in [6.07, 6.45) is 0.821. The van der Waals surface area contributed by atoms with Gasteiger partial charge in [0.25, 0.3) is 0 Å². The van der Waals surface area contributed by atoms with Gasteiger partial charge in [-0.1, -0.05) is 18.2 Å². The van der Waals surface area contributed by atoms with Crippen molar-refractivity contribution in [3.8, 4) is 0 Å². The van der Waals surface area contributed by atoms with Gasteiger partial charge in [-0.25, -0.2) is 17.7 Å². The Labute approximate surface area is 180 Å². The molecule has 0 radical (unpaired) electrons. The molecule has 30 heavy (non-hydrogen) atoms. The van der Waals surface area contributed by atoms with Gasteiger partial charge in [0.05, 0.1) is 17.1 Å². The van der Waals surface area contributed by atoms with Gasteiger partial charge in [-0.3, -0.25) is 4.68 Å². The van der Waals surface area contributed by atoms with Gasteiger partial charge in [-0.2, -0.15) is 5.10 Å². The maximum atomic E-state index is 12.6. The first-order valence-corrected chi connectivity index (χ1v) is 11.6. The molecular formula is C21H34N6O2S. The minimum Gasteiger partial charge on any atom is -0.357 e. The normalized spacial score (nSPS) is 13.5. The van der Waals surface area contributed by atoms with Gasteiger partial charge >= 0.3 is 0 Å². The topological polar surface area (TPSA) is 91.6 Å². The predicted molar refractivity (Wildman–Crippen MR) is 121 cm³/mol. The maximum absolute atomic E-state index is 12.6. The van der Waals surface area contributed by atoms with E-state index in [2.05, 4.69) is 34.6 Å². The molecule has 0 fully saturated rings. The quantitative estimate of drug-likeness (QED) is 0.490. The summed E-state index contributed by atoms with van der Waals surface area (Å²) < 4.78 is 28.3. The minimum absolute atomic E-state index is 0.130. The van der Waals surface area contributed by atoms with Crippen molar-refractivity contribution >= 4 is 16.0 Å². The van der Waals surface area contributed by atoms with E-state index in [1.165, 1.54) is 24.0 Å². The first-order valence-electron chi connectivity index (χ1n) is 10.1. The SMILES string of the molecule is CCNC(=NCc1ccccc1S(=O)(=O)N(C)C)NC(C)Cc1c(C)nn(C)c1C. The van der Waals surface area contributed by atoms with E-state index in [1.54, 1.807) is 18.2 Å². The van der Waals surface area contributed by atoms with Gasteiger partial charge in [0.2, 0.25) is 10.0 Å². The lowest BCUT2D eigenvalue weighted by Crippen LogP contribution is -2.43. The summed E-state index contributed by atoms with van der Waals surface area (Å²) in [6, 6.07) is 7.11. The number of nitrogens with zero attached hydrogens (tertiary/aromatic N) is 4. The van der Waals surface area contributed by atoms with Gasteiger partial charge in [-0.05, 0) is 51.3 Å². The summed E-state index contributed by atoms with van der Waals surface area (Å²) >= 11 is 0. The molecule has 0 bridgehead atoms. The number of hydrogen-bond donors (Lipinski definition) is 2. The third-order valence-electron chi connectivity index (χ3n) is 5.04. The third-order valence-corrected chi connectivity index (χ3v) is 6.95. The van der Waals surface area contributed by atoms with Crippen molar-refractivity contribution in [1.29, 1.82) is 0 Å². The van der Waals surface area contributed by atoms with Gasteiger partial charge in [0, 0.05) is 39.4 Å². The summed E-state index contributed by atoms with van der Waals surface area (Å²) in [7, 11) is 1.49. The first-order chi connectivity index (χ1) is 14.1. The molecule has 2 rings (SSSR count). The van der Waals surface area contributed by atoms with Crippen molar-refractivity contribution in [2.45, 2.75) is 51.6 Å². The van der Waals surface area contributed by atoms with Crippen molar-refractivity contribution in [3.05, 3.63) is 46.8 Å². The average molecular weight is 435 g/mol. The van der Waals surface area contributed by atoms with Gasteiger partial charge in [0.1, 0.15) is 0 Å². The van der Waals surface area contributed by atoms with Gasteiger partial charge in [0.15, 0.2) is 5.96 Å². The highest BCUT2D eigenvalue weighted by molar-refractivity contribution is 7.89. The van der Waals surface area contributed by atoms with Crippen LogP contribution < -0.4 is 10.6 Å². The van der Waals surface area contributed by atoms with Gasteiger partial charge in [-0.15, -0.1) is 0 Å². The number of rotatable bonds is 8. The summed E-state index contributed by atoms with van der Waals surface area (Å²) in [4.78, 5) is 4.92. The van der Waals surface area contributed by atoms with Crippen molar-refractivity contribution in [3.63, 3.8) is 0 Å². The van der Waals surface area contributed by atoms with E-state index in [9.17, 15) is 8.42 Å². The first kappa shape index (κ1) is 23.9. The molecule has 0 aliphatic heterocycles. The second-order valence-corrected chi connectivity index (χ2v) is 9.73. The smallest absolute Gasteiger partial charge is 0.242 e. The van der Waals surface area contributed by atoms with Crippen LogP contribution >= 0.6 is 0 Å². The van der Waals surface area contributed by atoms with Crippen LogP contribution in [-0.4, -0.2) is 55.1 Å². The Morgan fingerprint density at radius 1 is 1.27 bits per heavy atom. The standard InChI is InChI=1S/C21H34N6O2S/c1-8-22-21(24-15(2)13-19-16(3)25-27(7)17(19)4)23-14-18-11-9-10-12-20(18)30(28,29)26(5)6/h9-12,15H,8,13-14H2,1-7H3,(H2,22,23,24). The minimum atomic E-state index is -3.52. The number of benzene rings is 1. The van der Waals surface area contributed by atoms with E-state index in [0.717, 1.165) is 17.8 Å². The molecule has 0 saturated heterocycles. The Kier molecular flexibility index (Phi) is 8.03. The van der Waals surface area contributed by atoms with Crippen LogP contribution in [0, 0.1) is 13.8 Å². The zero-order valence-electron chi connectivity index (χ0n) is 19.0. The maximum Gasteiger partial charge on any atom is 0.242 e. The lowest BCUT2D eigenvalue weighted by molar-refractivity contribution is 0.519. The Balaban J connectivity index is 2.19. The van der Waals surface area contributed by atoms with E-state index in [-0.39, 0.29) is 17.5 Å². The monoisotopic (exact) mass is 434 g/mol. The summed E-state index contributed by atoms with van der Waals surface area (Å²) in [5.41, 5.74) is 4.09. The predicted octanol–water partition coefficient (Wildman–Crippen LogP) is 1.97. The average Bonchev–Trinajstić information content (AvgIpc) is 2.92. The summed E-state index contributed by atoms with van der Waals surface area (Å²) in [6.45, 7) is 9.17. The molecule has 1 heterocycles. The van der Waals surface area contributed by atoms with E-state index >= 15 is 0 Å². The number of aromatic nitrogens is 2. The largest absolute Gasteiger partial charge is 0.357 e. The molecule has 9 heteroatoms. The summed E-state index contributed by atoms with van der Waals surface area (Å²) in [5.74, 6) is 0.654. The van der Waals surface area contributed by atoms with Crippen molar-refractivity contribution in [2.75, 3.05) is 20.6 Å². The highest BCUT2D eigenvalue weighted by Gasteiger charge is 2.20. The molecule has 0 amide bonds. The van der Waals surface area contributed by atoms with Crippen LogP contribution in [0.25, 0.3) is 0 Å². The second-order valence-electron chi connectivity index (χ2n) is 7.61. The van der Waals surface area contributed by atoms with E-state index in [4.69, 9.17) is 0 Å². The number of nitrogens with one attached hydrogen (secondary N) is 2. The van der Waals surface area contributed by atoms with Crippen molar-refractivity contribution in [2.24, 2.45) is 12.0 Å². The highest BCUT2D eigenvalue weighted by atomic mass is 32.2. The number of sulfonamides is 1. The van der Waals surface area contributed by atoms with Crippen LogP contribution in [0.5, 0.6) is 0 Å². The van der Waals surface area contributed by atoms with Crippen LogP contribution in [0.15, 0.2) is 34.2 Å². The Morgan fingerprint density at radius 3 is 2.50 bits per heavy atom.